The molecule has 3 nitrogen and oxygen atoms in total. The number of para-hydroxylation sites is 2. The molecule has 0 aliphatic carbocycles. The van der Waals surface area contributed by atoms with Crippen LogP contribution in [0.2, 0.25) is 5.02 Å². The van der Waals surface area contributed by atoms with Gasteiger partial charge in [0.25, 0.3) is 0 Å². The molecule has 0 aliphatic heterocycles. The second-order valence-electron chi connectivity index (χ2n) is 8.76. The van der Waals surface area contributed by atoms with Crippen molar-refractivity contribution in [1.29, 1.82) is 0 Å². The molecule has 0 bridgehead atoms. The Morgan fingerprint density at radius 3 is 1.46 bits per heavy atom. The van der Waals surface area contributed by atoms with Crippen LogP contribution in [0.5, 0.6) is 0 Å². The summed E-state index contributed by atoms with van der Waals surface area (Å²) in [5, 5.41) is 7.39. The molecule has 0 aromatic heterocycles. The molecule has 0 unspecified atom stereocenters. The van der Waals surface area contributed by atoms with Gasteiger partial charge < -0.3 is 4.90 Å². The standard InChI is InChI=1S/C33H28ClN3/c34-33-23-32(36(25-27-13-5-1-6-14-27)26-28-15-7-2-8-16-28)22-21-29(33)24-35-37(30-17-9-3-10-18-30)31-19-11-4-12-20-31/h1-24H,25-26H2. The van der Waals surface area contributed by atoms with Gasteiger partial charge >= 0.3 is 0 Å². The van der Waals surface area contributed by atoms with Gasteiger partial charge in [-0.15, -0.1) is 0 Å². The second-order valence-corrected chi connectivity index (χ2v) is 9.17. The molecular weight excluding hydrogens is 474 g/mol. The SMILES string of the molecule is Clc1cc(N(Cc2ccccc2)Cc2ccccc2)ccc1C=NN(c1ccccc1)c1ccccc1. The molecular formula is C33H28ClN3. The van der Waals surface area contributed by atoms with Crippen molar-refractivity contribution < 1.29 is 0 Å². The smallest absolute Gasteiger partial charge is 0.0652 e. The van der Waals surface area contributed by atoms with Gasteiger partial charge in [-0.2, -0.15) is 5.10 Å². The Morgan fingerprint density at radius 2 is 1.00 bits per heavy atom. The third-order valence-corrected chi connectivity index (χ3v) is 6.42. The molecule has 0 N–H and O–H groups in total. The first-order chi connectivity index (χ1) is 18.3. The fourth-order valence-corrected chi connectivity index (χ4v) is 4.43. The van der Waals surface area contributed by atoms with Gasteiger partial charge in [0.2, 0.25) is 0 Å². The highest BCUT2D eigenvalue weighted by molar-refractivity contribution is 6.33. The van der Waals surface area contributed by atoms with Gasteiger partial charge in [0, 0.05) is 24.3 Å². The average Bonchev–Trinajstić information content (AvgIpc) is 2.96. The molecule has 5 aromatic carbocycles. The number of hydrogen-bond donors (Lipinski definition) is 0. The van der Waals surface area contributed by atoms with Gasteiger partial charge in [0.05, 0.1) is 22.6 Å². The van der Waals surface area contributed by atoms with Crippen LogP contribution in [-0.2, 0) is 13.1 Å². The molecule has 37 heavy (non-hydrogen) atoms. The zero-order valence-electron chi connectivity index (χ0n) is 20.5. The van der Waals surface area contributed by atoms with Crippen molar-refractivity contribution in [2.75, 3.05) is 9.91 Å². The molecule has 182 valence electrons. The number of hydrazone groups is 1. The van der Waals surface area contributed by atoms with Crippen LogP contribution in [0, 0.1) is 0 Å². The highest BCUT2D eigenvalue weighted by atomic mass is 35.5. The number of halogens is 1. The van der Waals surface area contributed by atoms with E-state index in [1.54, 1.807) is 0 Å². The van der Waals surface area contributed by atoms with Gasteiger partial charge in [-0.25, -0.2) is 5.01 Å². The van der Waals surface area contributed by atoms with E-state index in [9.17, 15) is 0 Å². The molecule has 4 heteroatoms. The first kappa shape index (κ1) is 24.4. The summed E-state index contributed by atoms with van der Waals surface area (Å²) >= 11 is 6.82. The summed E-state index contributed by atoms with van der Waals surface area (Å²) in [4.78, 5) is 2.34. The lowest BCUT2D eigenvalue weighted by molar-refractivity contribution is 0.800. The Labute approximate surface area is 223 Å². The predicted molar refractivity (Wildman–Crippen MR) is 157 cm³/mol. The minimum Gasteiger partial charge on any atom is -0.363 e. The lowest BCUT2D eigenvalue weighted by Crippen LogP contribution is -2.22. The fourth-order valence-electron chi connectivity index (χ4n) is 4.20. The minimum absolute atomic E-state index is 0.661. The molecule has 0 aliphatic rings. The first-order valence-corrected chi connectivity index (χ1v) is 12.7. The Balaban J connectivity index is 1.42. The summed E-state index contributed by atoms with van der Waals surface area (Å²) in [5.41, 5.74) is 6.40. The Bertz CT molecular complexity index is 1340. The fraction of sp³-hybridized carbons (Fsp3) is 0.0606. The van der Waals surface area contributed by atoms with E-state index in [-0.39, 0.29) is 0 Å². The zero-order chi connectivity index (χ0) is 25.3. The van der Waals surface area contributed by atoms with Crippen LogP contribution in [0.15, 0.2) is 145 Å². The van der Waals surface area contributed by atoms with Crippen molar-refractivity contribution in [3.63, 3.8) is 0 Å². The Hall–Kier alpha value is -4.34. The topological polar surface area (TPSA) is 18.8 Å². The van der Waals surface area contributed by atoms with E-state index in [4.69, 9.17) is 16.7 Å². The van der Waals surface area contributed by atoms with Crippen molar-refractivity contribution in [2.45, 2.75) is 13.1 Å². The minimum atomic E-state index is 0.661. The molecule has 5 aromatic rings. The van der Waals surface area contributed by atoms with Crippen LogP contribution >= 0.6 is 11.6 Å². The highest BCUT2D eigenvalue weighted by Crippen LogP contribution is 2.28. The maximum atomic E-state index is 6.82. The normalized spacial score (nSPS) is 10.9. The summed E-state index contributed by atoms with van der Waals surface area (Å²) in [7, 11) is 0. The van der Waals surface area contributed by atoms with E-state index in [0.29, 0.717) is 5.02 Å². The van der Waals surface area contributed by atoms with Gasteiger partial charge in [-0.05, 0) is 53.6 Å². The number of anilines is 3. The van der Waals surface area contributed by atoms with Crippen molar-refractivity contribution in [1.82, 2.24) is 0 Å². The summed E-state index contributed by atoms with van der Waals surface area (Å²) in [6.45, 7) is 1.57. The Morgan fingerprint density at radius 1 is 0.541 bits per heavy atom. The van der Waals surface area contributed by atoms with Crippen molar-refractivity contribution >= 4 is 34.9 Å². The number of hydrogen-bond acceptors (Lipinski definition) is 3. The van der Waals surface area contributed by atoms with Gasteiger partial charge in [-0.1, -0.05) is 109 Å². The van der Waals surface area contributed by atoms with Crippen molar-refractivity contribution in [3.05, 3.63) is 161 Å². The number of benzene rings is 5. The van der Waals surface area contributed by atoms with E-state index in [0.717, 1.165) is 35.7 Å². The lowest BCUT2D eigenvalue weighted by atomic mass is 10.1. The third kappa shape index (κ3) is 6.46. The molecule has 0 saturated carbocycles. The molecule has 0 atom stereocenters. The predicted octanol–water partition coefficient (Wildman–Crippen LogP) is 8.72. The number of nitrogens with zero attached hydrogens (tertiary/aromatic N) is 3. The van der Waals surface area contributed by atoms with Gasteiger partial charge in [0.15, 0.2) is 0 Å². The molecule has 0 spiro atoms. The summed E-state index contributed by atoms with van der Waals surface area (Å²) in [6, 6.07) is 47.4. The van der Waals surface area contributed by atoms with E-state index in [2.05, 4.69) is 59.5 Å². The molecule has 0 amide bonds. The van der Waals surface area contributed by atoms with Crippen LogP contribution in [-0.4, -0.2) is 6.21 Å². The maximum absolute atomic E-state index is 6.82. The molecule has 0 fully saturated rings. The van der Waals surface area contributed by atoms with Crippen LogP contribution in [0.3, 0.4) is 0 Å². The zero-order valence-corrected chi connectivity index (χ0v) is 21.2. The summed E-state index contributed by atoms with van der Waals surface area (Å²) < 4.78 is 0. The quantitative estimate of drug-likeness (QED) is 0.148. The highest BCUT2D eigenvalue weighted by Gasteiger charge is 2.12. The van der Waals surface area contributed by atoms with E-state index >= 15 is 0 Å². The van der Waals surface area contributed by atoms with Gasteiger partial charge in [-0.3, -0.25) is 0 Å². The summed E-state index contributed by atoms with van der Waals surface area (Å²) in [5.74, 6) is 0. The van der Waals surface area contributed by atoms with Crippen LogP contribution in [0.1, 0.15) is 16.7 Å². The first-order valence-electron chi connectivity index (χ1n) is 12.3. The van der Waals surface area contributed by atoms with E-state index in [1.165, 1.54) is 11.1 Å². The van der Waals surface area contributed by atoms with Crippen molar-refractivity contribution in [2.24, 2.45) is 5.10 Å². The average molecular weight is 502 g/mol. The van der Waals surface area contributed by atoms with Crippen LogP contribution < -0.4 is 9.91 Å². The largest absolute Gasteiger partial charge is 0.363 e. The Kier molecular flexibility index (Phi) is 7.94. The maximum Gasteiger partial charge on any atom is 0.0652 e. The number of rotatable bonds is 9. The van der Waals surface area contributed by atoms with Crippen LogP contribution in [0.4, 0.5) is 17.1 Å². The monoisotopic (exact) mass is 501 g/mol. The second kappa shape index (κ2) is 12.1. The lowest BCUT2D eigenvalue weighted by Gasteiger charge is -2.26. The summed E-state index contributed by atoms with van der Waals surface area (Å²) in [6.07, 6.45) is 1.82. The third-order valence-electron chi connectivity index (χ3n) is 6.10. The van der Waals surface area contributed by atoms with Crippen molar-refractivity contribution in [3.8, 4) is 0 Å². The van der Waals surface area contributed by atoms with Gasteiger partial charge in [0.1, 0.15) is 0 Å². The molecule has 0 heterocycles. The van der Waals surface area contributed by atoms with E-state index < -0.39 is 0 Å². The molecule has 0 radical (unpaired) electrons. The van der Waals surface area contributed by atoms with E-state index in [1.807, 2.05) is 96.2 Å². The molecule has 0 saturated heterocycles. The van der Waals surface area contributed by atoms with Crippen LogP contribution in [0.25, 0.3) is 0 Å². The molecule has 5 rings (SSSR count).